The van der Waals surface area contributed by atoms with Gasteiger partial charge in [0.05, 0.1) is 17.8 Å². The Bertz CT molecular complexity index is 711. The van der Waals surface area contributed by atoms with Crippen LogP contribution in [0.4, 0.5) is 0 Å². The highest BCUT2D eigenvalue weighted by atomic mass is 16.2. The van der Waals surface area contributed by atoms with E-state index in [9.17, 15) is 9.59 Å². The van der Waals surface area contributed by atoms with Crippen LogP contribution >= 0.6 is 0 Å². The monoisotopic (exact) mass is 246 g/mol. The third-order valence-electron chi connectivity index (χ3n) is 3.26. The van der Waals surface area contributed by atoms with Gasteiger partial charge in [-0.3, -0.25) is 9.59 Å². The summed E-state index contributed by atoms with van der Waals surface area (Å²) >= 11 is 0. The first-order valence-corrected chi connectivity index (χ1v) is 5.91. The molecule has 2 aromatic rings. The van der Waals surface area contributed by atoms with Gasteiger partial charge in [0.1, 0.15) is 11.3 Å². The summed E-state index contributed by atoms with van der Waals surface area (Å²) in [6, 6.07) is 1.83. The highest BCUT2D eigenvalue weighted by Crippen LogP contribution is 2.20. The SMILES string of the molecule is Cc1cc2[nH]c3c(c(=O)n2n1)CN(C(C)C)C3=O. The fourth-order valence-electron chi connectivity index (χ4n) is 2.31. The molecule has 3 heterocycles. The van der Waals surface area contributed by atoms with Gasteiger partial charge in [0.15, 0.2) is 0 Å². The Balaban J connectivity index is 2.27. The molecule has 94 valence electrons. The molecule has 18 heavy (non-hydrogen) atoms. The summed E-state index contributed by atoms with van der Waals surface area (Å²) < 4.78 is 1.32. The molecule has 0 aliphatic carbocycles. The van der Waals surface area contributed by atoms with Crippen LogP contribution in [0.25, 0.3) is 5.65 Å². The molecular weight excluding hydrogens is 232 g/mol. The van der Waals surface area contributed by atoms with Crippen molar-refractivity contribution in [1.82, 2.24) is 19.5 Å². The average molecular weight is 246 g/mol. The molecule has 0 aromatic carbocycles. The predicted octanol–water partition coefficient (Wildman–Crippen LogP) is 0.695. The fourth-order valence-corrected chi connectivity index (χ4v) is 2.31. The second-order valence-corrected chi connectivity index (χ2v) is 4.89. The number of aryl methyl sites for hydroxylation is 1. The third-order valence-corrected chi connectivity index (χ3v) is 3.26. The zero-order chi connectivity index (χ0) is 13.0. The molecule has 1 N–H and O–H groups in total. The highest BCUT2D eigenvalue weighted by Gasteiger charge is 2.33. The number of aromatic nitrogens is 3. The Morgan fingerprint density at radius 2 is 2.11 bits per heavy atom. The maximum atomic E-state index is 12.2. The number of H-pyrrole nitrogens is 1. The molecule has 1 aliphatic rings. The van der Waals surface area contributed by atoms with E-state index in [4.69, 9.17) is 0 Å². The van der Waals surface area contributed by atoms with Gasteiger partial charge in [-0.25, -0.2) is 0 Å². The Morgan fingerprint density at radius 1 is 1.39 bits per heavy atom. The number of carbonyl (C=O) groups is 1. The number of nitrogens with one attached hydrogen (secondary N) is 1. The molecule has 1 aliphatic heterocycles. The lowest BCUT2D eigenvalue weighted by Gasteiger charge is -2.19. The molecule has 0 spiro atoms. The Hall–Kier alpha value is -2.11. The number of aromatic amines is 1. The Morgan fingerprint density at radius 3 is 2.78 bits per heavy atom. The van der Waals surface area contributed by atoms with Crippen LogP contribution in [-0.2, 0) is 6.54 Å². The molecule has 0 bridgehead atoms. The molecule has 0 saturated carbocycles. The van der Waals surface area contributed by atoms with E-state index in [0.717, 1.165) is 5.69 Å². The van der Waals surface area contributed by atoms with Gasteiger partial charge >= 0.3 is 0 Å². The quantitative estimate of drug-likeness (QED) is 0.805. The normalized spacial score (nSPS) is 14.9. The van der Waals surface area contributed by atoms with Gasteiger partial charge in [-0.2, -0.15) is 9.61 Å². The maximum absolute atomic E-state index is 12.2. The van der Waals surface area contributed by atoms with Crippen LogP contribution in [0.3, 0.4) is 0 Å². The summed E-state index contributed by atoms with van der Waals surface area (Å²) in [6.07, 6.45) is 0. The molecular formula is C12H14N4O2. The van der Waals surface area contributed by atoms with Crippen LogP contribution in [0.15, 0.2) is 10.9 Å². The van der Waals surface area contributed by atoms with Crippen molar-refractivity contribution < 1.29 is 4.79 Å². The molecule has 2 aromatic heterocycles. The van der Waals surface area contributed by atoms with E-state index < -0.39 is 0 Å². The van der Waals surface area contributed by atoms with Crippen molar-refractivity contribution in [3.8, 4) is 0 Å². The van der Waals surface area contributed by atoms with Crippen molar-refractivity contribution in [2.24, 2.45) is 0 Å². The van der Waals surface area contributed by atoms with Crippen LogP contribution < -0.4 is 5.56 Å². The second-order valence-electron chi connectivity index (χ2n) is 4.89. The summed E-state index contributed by atoms with van der Waals surface area (Å²) in [5.74, 6) is -0.113. The van der Waals surface area contributed by atoms with Gasteiger partial charge < -0.3 is 9.88 Å². The van der Waals surface area contributed by atoms with Gasteiger partial charge in [0.25, 0.3) is 11.5 Å². The van der Waals surface area contributed by atoms with Crippen molar-refractivity contribution >= 4 is 11.6 Å². The zero-order valence-electron chi connectivity index (χ0n) is 10.5. The molecule has 0 fully saturated rings. The Kier molecular flexibility index (Phi) is 2.10. The van der Waals surface area contributed by atoms with E-state index in [0.29, 0.717) is 23.4 Å². The van der Waals surface area contributed by atoms with Crippen LogP contribution in [0, 0.1) is 6.92 Å². The number of carbonyl (C=O) groups excluding carboxylic acids is 1. The number of fused-ring (bicyclic) bond motifs is 2. The van der Waals surface area contributed by atoms with Crippen LogP contribution in [0.1, 0.15) is 35.6 Å². The van der Waals surface area contributed by atoms with Crippen molar-refractivity contribution in [3.05, 3.63) is 33.4 Å². The van der Waals surface area contributed by atoms with Crippen molar-refractivity contribution in [2.45, 2.75) is 33.4 Å². The van der Waals surface area contributed by atoms with E-state index in [2.05, 4.69) is 10.1 Å². The summed E-state index contributed by atoms with van der Waals surface area (Å²) in [7, 11) is 0. The van der Waals surface area contributed by atoms with Crippen molar-refractivity contribution in [3.63, 3.8) is 0 Å². The van der Waals surface area contributed by atoms with E-state index in [1.807, 2.05) is 20.8 Å². The number of amides is 1. The molecule has 6 nitrogen and oxygen atoms in total. The summed E-state index contributed by atoms with van der Waals surface area (Å²) in [5.41, 5.74) is 2.02. The lowest BCUT2D eigenvalue weighted by atomic mass is 10.2. The maximum Gasteiger partial charge on any atom is 0.280 e. The Labute approximate surface area is 103 Å². The minimum Gasteiger partial charge on any atom is -0.335 e. The standard InChI is InChI=1S/C12H14N4O2/c1-6(2)15-5-8-10(12(15)18)13-9-4-7(3)14-16(9)11(8)17/h4,6,13H,5H2,1-3H3. The summed E-state index contributed by atoms with van der Waals surface area (Å²) in [6.45, 7) is 6.04. The zero-order valence-corrected chi connectivity index (χ0v) is 10.5. The number of hydrogen-bond donors (Lipinski definition) is 1. The van der Waals surface area contributed by atoms with Gasteiger partial charge in [-0.1, -0.05) is 0 Å². The van der Waals surface area contributed by atoms with Crippen molar-refractivity contribution in [2.75, 3.05) is 0 Å². The molecule has 0 atom stereocenters. The first-order chi connectivity index (χ1) is 8.49. The lowest BCUT2D eigenvalue weighted by Crippen LogP contribution is -2.31. The van der Waals surface area contributed by atoms with Gasteiger partial charge in [0.2, 0.25) is 0 Å². The summed E-state index contributed by atoms with van der Waals surface area (Å²) in [5, 5.41) is 4.13. The number of rotatable bonds is 1. The second kappa shape index (κ2) is 3.44. The van der Waals surface area contributed by atoms with Crippen LogP contribution in [-0.4, -0.2) is 31.4 Å². The number of hydrogen-bond acceptors (Lipinski definition) is 3. The van der Waals surface area contributed by atoms with E-state index in [1.165, 1.54) is 4.52 Å². The predicted molar refractivity (Wildman–Crippen MR) is 65.6 cm³/mol. The molecule has 6 heteroatoms. The third kappa shape index (κ3) is 1.32. The van der Waals surface area contributed by atoms with Gasteiger partial charge in [0, 0.05) is 12.1 Å². The number of nitrogens with zero attached hydrogens (tertiary/aromatic N) is 3. The van der Waals surface area contributed by atoms with Crippen LogP contribution in [0.2, 0.25) is 0 Å². The first kappa shape index (κ1) is 11.0. The average Bonchev–Trinajstić information content (AvgIpc) is 2.81. The van der Waals surface area contributed by atoms with E-state index in [-0.39, 0.29) is 17.5 Å². The highest BCUT2D eigenvalue weighted by molar-refractivity contribution is 5.96. The van der Waals surface area contributed by atoms with Gasteiger partial charge in [-0.15, -0.1) is 0 Å². The topological polar surface area (TPSA) is 70.5 Å². The molecule has 3 rings (SSSR count). The summed E-state index contributed by atoms with van der Waals surface area (Å²) in [4.78, 5) is 29.1. The smallest absolute Gasteiger partial charge is 0.280 e. The molecule has 1 amide bonds. The van der Waals surface area contributed by atoms with Crippen LogP contribution in [0.5, 0.6) is 0 Å². The molecule has 0 radical (unpaired) electrons. The van der Waals surface area contributed by atoms with E-state index >= 15 is 0 Å². The largest absolute Gasteiger partial charge is 0.335 e. The first-order valence-electron chi connectivity index (χ1n) is 5.91. The fraction of sp³-hybridized carbons (Fsp3) is 0.417. The minimum atomic E-state index is -0.205. The molecule has 0 unspecified atom stereocenters. The van der Waals surface area contributed by atoms with E-state index in [1.54, 1.807) is 11.0 Å². The van der Waals surface area contributed by atoms with Crippen molar-refractivity contribution in [1.29, 1.82) is 0 Å². The minimum absolute atomic E-state index is 0.0757. The van der Waals surface area contributed by atoms with Gasteiger partial charge in [-0.05, 0) is 20.8 Å². The molecule has 0 saturated heterocycles. The lowest BCUT2D eigenvalue weighted by molar-refractivity contribution is 0.0726.